The van der Waals surface area contributed by atoms with Crippen LogP contribution < -0.4 is 10.5 Å². The molecule has 3 N–H and O–H groups in total. The number of aliphatic hydroxyl groups is 1. The lowest BCUT2D eigenvalue weighted by molar-refractivity contribution is -0.135. The highest BCUT2D eigenvalue weighted by Gasteiger charge is 2.15. The second-order valence-electron chi connectivity index (χ2n) is 3.55. The Bertz CT molecular complexity index is 425. The minimum absolute atomic E-state index is 0.0452. The van der Waals surface area contributed by atoms with E-state index in [9.17, 15) is 4.79 Å². The van der Waals surface area contributed by atoms with Crippen molar-refractivity contribution in [3.8, 4) is 18.1 Å². The van der Waals surface area contributed by atoms with Crippen LogP contribution in [0.2, 0.25) is 0 Å². The van der Waals surface area contributed by atoms with E-state index in [1.807, 2.05) is 0 Å². The maximum atomic E-state index is 11.6. The van der Waals surface area contributed by atoms with Gasteiger partial charge in [-0.25, -0.2) is 4.79 Å². The van der Waals surface area contributed by atoms with E-state index in [2.05, 4.69) is 5.92 Å². The first-order valence-electron chi connectivity index (χ1n) is 5.35. The molecular formula is C13H15NO3S. The van der Waals surface area contributed by atoms with Crippen molar-refractivity contribution in [3.05, 3.63) is 29.8 Å². The van der Waals surface area contributed by atoms with Crippen LogP contribution in [0, 0.1) is 12.3 Å². The zero-order chi connectivity index (χ0) is 13.4. The highest BCUT2D eigenvalue weighted by Crippen LogP contribution is 2.13. The first kappa shape index (κ1) is 14.6. The van der Waals surface area contributed by atoms with Gasteiger partial charge in [-0.05, 0) is 17.7 Å². The molecule has 1 aromatic carbocycles. The number of thioether (sulfide) groups is 1. The van der Waals surface area contributed by atoms with Crippen molar-refractivity contribution in [1.29, 1.82) is 0 Å². The third kappa shape index (κ3) is 4.80. The zero-order valence-corrected chi connectivity index (χ0v) is 10.7. The van der Waals surface area contributed by atoms with Gasteiger partial charge in [0.2, 0.25) is 0 Å². The van der Waals surface area contributed by atoms with Crippen molar-refractivity contribution in [3.63, 3.8) is 0 Å². The lowest BCUT2D eigenvalue weighted by Crippen LogP contribution is -2.36. The normalized spacial score (nSPS) is 11.6. The molecule has 0 aliphatic heterocycles. The Kier molecular flexibility index (Phi) is 6.29. The summed E-state index contributed by atoms with van der Waals surface area (Å²) in [4.78, 5) is 11.6. The first-order chi connectivity index (χ1) is 8.67. The molecule has 0 spiro atoms. The zero-order valence-electron chi connectivity index (χ0n) is 9.83. The van der Waals surface area contributed by atoms with Gasteiger partial charge in [-0.3, -0.25) is 0 Å². The fourth-order valence-corrected chi connectivity index (χ4v) is 1.79. The first-order valence-corrected chi connectivity index (χ1v) is 6.51. The number of carbonyl (C=O) groups excluding carboxylic acids is 1. The number of benzene rings is 1. The smallest absolute Gasteiger partial charge is 0.329 e. The summed E-state index contributed by atoms with van der Waals surface area (Å²) in [5.41, 5.74) is 6.41. The topological polar surface area (TPSA) is 72.6 Å². The molecule has 0 aliphatic rings. The molecule has 0 bridgehead atoms. The standard InChI is InChI=1S/C13H15NO3S/c1-2-7-18-9-12(14)13(16)17-11-5-3-10(8-15)4-6-11/h1,3-6,12,15H,7-9,14H2. The number of hydrogen-bond acceptors (Lipinski definition) is 5. The van der Waals surface area contributed by atoms with Crippen LogP contribution in [0.3, 0.4) is 0 Å². The lowest BCUT2D eigenvalue weighted by atomic mass is 10.2. The number of esters is 1. The summed E-state index contributed by atoms with van der Waals surface area (Å²) in [6.45, 7) is -0.0452. The molecule has 0 saturated heterocycles. The number of ether oxygens (including phenoxy) is 1. The molecule has 96 valence electrons. The van der Waals surface area contributed by atoms with Crippen molar-refractivity contribution >= 4 is 17.7 Å². The Hall–Kier alpha value is -1.48. The number of rotatable bonds is 6. The van der Waals surface area contributed by atoms with Crippen molar-refractivity contribution in [2.24, 2.45) is 5.73 Å². The van der Waals surface area contributed by atoms with Crippen LogP contribution in [-0.2, 0) is 11.4 Å². The van der Waals surface area contributed by atoms with Crippen LogP contribution in [0.4, 0.5) is 0 Å². The molecule has 0 amide bonds. The summed E-state index contributed by atoms with van der Waals surface area (Å²) in [6.07, 6.45) is 5.09. The predicted molar refractivity (Wildman–Crippen MR) is 72.1 cm³/mol. The van der Waals surface area contributed by atoms with E-state index in [4.69, 9.17) is 22.0 Å². The monoisotopic (exact) mass is 265 g/mol. The van der Waals surface area contributed by atoms with Crippen LogP contribution in [0.15, 0.2) is 24.3 Å². The van der Waals surface area contributed by atoms with Crippen LogP contribution in [0.1, 0.15) is 5.56 Å². The molecule has 0 radical (unpaired) electrons. The van der Waals surface area contributed by atoms with Gasteiger partial charge in [0.05, 0.1) is 12.4 Å². The SMILES string of the molecule is C#CCSCC(N)C(=O)Oc1ccc(CO)cc1. The van der Waals surface area contributed by atoms with E-state index in [0.717, 1.165) is 5.56 Å². The van der Waals surface area contributed by atoms with Crippen LogP contribution in [-0.4, -0.2) is 28.6 Å². The molecule has 0 saturated carbocycles. The quantitative estimate of drug-likeness (QED) is 0.344. The lowest BCUT2D eigenvalue weighted by Gasteiger charge is -2.10. The van der Waals surface area contributed by atoms with Gasteiger partial charge in [-0.2, -0.15) is 0 Å². The number of nitrogens with two attached hydrogens (primary N) is 1. The van der Waals surface area contributed by atoms with Gasteiger partial charge in [0.1, 0.15) is 11.8 Å². The van der Waals surface area contributed by atoms with Gasteiger partial charge < -0.3 is 15.6 Å². The Balaban J connectivity index is 2.45. The molecule has 0 heterocycles. The van der Waals surface area contributed by atoms with Gasteiger partial charge in [0.15, 0.2) is 0 Å². The van der Waals surface area contributed by atoms with E-state index in [1.165, 1.54) is 11.8 Å². The number of hydrogen-bond donors (Lipinski definition) is 2. The fourth-order valence-electron chi connectivity index (χ4n) is 1.17. The van der Waals surface area contributed by atoms with Crippen LogP contribution in [0.5, 0.6) is 5.75 Å². The molecule has 1 unspecified atom stereocenters. The highest BCUT2D eigenvalue weighted by atomic mass is 32.2. The number of carbonyl (C=O) groups is 1. The summed E-state index contributed by atoms with van der Waals surface area (Å²) in [6, 6.07) is 5.90. The molecule has 1 aromatic rings. The second-order valence-corrected chi connectivity index (χ2v) is 4.58. The molecule has 0 aromatic heterocycles. The Labute approximate surface area is 111 Å². The predicted octanol–water partition coefficient (Wildman–Crippen LogP) is 0.778. The van der Waals surface area contributed by atoms with Gasteiger partial charge in [0, 0.05) is 5.75 Å². The van der Waals surface area contributed by atoms with E-state index in [1.54, 1.807) is 24.3 Å². The maximum absolute atomic E-state index is 11.6. The molecule has 4 nitrogen and oxygen atoms in total. The van der Waals surface area contributed by atoms with Crippen LogP contribution >= 0.6 is 11.8 Å². The van der Waals surface area contributed by atoms with E-state index in [0.29, 0.717) is 17.3 Å². The molecule has 1 atom stereocenters. The van der Waals surface area contributed by atoms with E-state index < -0.39 is 12.0 Å². The largest absolute Gasteiger partial charge is 0.425 e. The summed E-state index contributed by atoms with van der Waals surface area (Å²) >= 11 is 1.41. The molecular weight excluding hydrogens is 250 g/mol. The maximum Gasteiger partial charge on any atom is 0.329 e. The van der Waals surface area contributed by atoms with Crippen molar-refractivity contribution < 1.29 is 14.6 Å². The molecule has 1 rings (SSSR count). The van der Waals surface area contributed by atoms with Crippen LogP contribution in [0.25, 0.3) is 0 Å². The van der Waals surface area contributed by atoms with E-state index >= 15 is 0 Å². The summed E-state index contributed by atoms with van der Waals surface area (Å²) in [5, 5.41) is 8.87. The minimum atomic E-state index is -0.694. The van der Waals surface area contributed by atoms with Gasteiger partial charge in [-0.1, -0.05) is 18.1 Å². The average molecular weight is 265 g/mol. The molecule has 18 heavy (non-hydrogen) atoms. The third-order valence-electron chi connectivity index (χ3n) is 2.11. The summed E-state index contributed by atoms with van der Waals surface area (Å²) < 4.78 is 5.10. The number of terminal acetylenes is 1. The highest BCUT2D eigenvalue weighted by molar-refractivity contribution is 7.99. The van der Waals surface area contributed by atoms with Gasteiger partial charge in [0.25, 0.3) is 0 Å². The Morgan fingerprint density at radius 3 is 2.72 bits per heavy atom. The number of aliphatic hydroxyl groups excluding tert-OH is 1. The summed E-state index contributed by atoms with van der Waals surface area (Å²) in [5.74, 6) is 3.33. The second kappa shape index (κ2) is 7.77. The van der Waals surface area contributed by atoms with E-state index in [-0.39, 0.29) is 6.61 Å². The van der Waals surface area contributed by atoms with Crippen molar-refractivity contribution in [2.75, 3.05) is 11.5 Å². The molecule has 0 aliphatic carbocycles. The molecule has 5 heteroatoms. The van der Waals surface area contributed by atoms with Crippen molar-refractivity contribution in [1.82, 2.24) is 0 Å². The van der Waals surface area contributed by atoms with Gasteiger partial charge in [-0.15, -0.1) is 18.2 Å². The Morgan fingerprint density at radius 1 is 1.50 bits per heavy atom. The molecule has 0 fully saturated rings. The summed E-state index contributed by atoms with van der Waals surface area (Å²) in [7, 11) is 0. The Morgan fingerprint density at radius 2 is 2.17 bits per heavy atom. The fraction of sp³-hybridized carbons (Fsp3) is 0.308. The average Bonchev–Trinajstić information content (AvgIpc) is 2.39. The third-order valence-corrected chi connectivity index (χ3v) is 3.08. The van der Waals surface area contributed by atoms with Crippen molar-refractivity contribution in [2.45, 2.75) is 12.6 Å². The minimum Gasteiger partial charge on any atom is -0.425 e. The van der Waals surface area contributed by atoms with Gasteiger partial charge >= 0.3 is 5.97 Å².